The van der Waals surface area contributed by atoms with Crippen LogP contribution in [0.4, 0.5) is 5.82 Å². The summed E-state index contributed by atoms with van der Waals surface area (Å²) in [6.07, 6.45) is 1.71. The van der Waals surface area contributed by atoms with Gasteiger partial charge in [-0.25, -0.2) is 4.98 Å². The first-order valence-corrected chi connectivity index (χ1v) is 7.39. The van der Waals surface area contributed by atoms with E-state index in [-0.39, 0.29) is 5.75 Å². The summed E-state index contributed by atoms with van der Waals surface area (Å²) in [5.41, 5.74) is 9.41. The smallest absolute Gasteiger partial charge is 0.161 e. The highest BCUT2D eigenvalue weighted by molar-refractivity contribution is 5.80. The number of pyridine rings is 1. The fourth-order valence-electron chi connectivity index (χ4n) is 2.55. The van der Waals surface area contributed by atoms with Gasteiger partial charge in [0.1, 0.15) is 11.6 Å². The van der Waals surface area contributed by atoms with Gasteiger partial charge in [-0.05, 0) is 41.5 Å². The Morgan fingerprint density at radius 3 is 2.38 bits per heavy atom. The number of hydrogen-bond donors (Lipinski definition) is 2. The summed E-state index contributed by atoms with van der Waals surface area (Å²) in [5, 5.41) is 9.69. The van der Waals surface area contributed by atoms with Crippen molar-refractivity contribution in [2.75, 3.05) is 20.0 Å². The number of aromatic nitrogens is 1. The van der Waals surface area contributed by atoms with Crippen molar-refractivity contribution in [1.29, 1.82) is 0 Å². The lowest BCUT2D eigenvalue weighted by molar-refractivity contribution is 0.355. The minimum Gasteiger partial charge on any atom is -0.508 e. The zero-order chi connectivity index (χ0) is 17.1. The third-order valence-electron chi connectivity index (χ3n) is 3.79. The van der Waals surface area contributed by atoms with E-state index in [1.54, 1.807) is 38.6 Å². The van der Waals surface area contributed by atoms with Crippen LogP contribution in [-0.2, 0) is 0 Å². The number of rotatable bonds is 4. The lowest BCUT2D eigenvalue weighted by atomic mass is 10.0. The van der Waals surface area contributed by atoms with Crippen molar-refractivity contribution >= 4 is 5.82 Å². The summed E-state index contributed by atoms with van der Waals surface area (Å²) in [5.74, 6) is 1.90. The number of nitrogens with zero attached hydrogens (tertiary/aromatic N) is 1. The standard InChI is InChI=1S/C19H18N2O3/c1-23-17-7-6-12(10-18(17)24-2)14-9-16(19(20)21-11-14)13-4-3-5-15(22)8-13/h3-11,22H,1-2H3,(H2,20,21). The van der Waals surface area contributed by atoms with Crippen molar-refractivity contribution in [3.8, 4) is 39.5 Å². The topological polar surface area (TPSA) is 77.6 Å². The Labute approximate surface area is 140 Å². The third-order valence-corrected chi connectivity index (χ3v) is 3.79. The van der Waals surface area contributed by atoms with E-state index in [1.165, 1.54) is 0 Å². The predicted octanol–water partition coefficient (Wildman–Crippen LogP) is 3.72. The Hall–Kier alpha value is -3.21. The number of nitrogen functional groups attached to an aromatic ring is 1. The molecule has 0 bridgehead atoms. The van der Waals surface area contributed by atoms with Gasteiger partial charge >= 0.3 is 0 Å². The van der Waals surface area contributed by atoms with Crippen LogP contribution in [0, 0.1) is 0 Å². The van der Waals surface area contributed by atoms with Gasteiger partial charge < -0.3 is 20.3 Å². The van der Waals surface area contributed by atoms with E-state index in [0.29, 0.717) is 17.3 Å². The van der Waals surface area contributed by atoms with Crippen molar-refractivity contribution < 1.29 is 14.6 Å². The van der Waals surface area contributed by atoms with Crippen LogP contribution in [-0.4, -0.2) is 24.3 Å². The molecule has 0 unspecified atom stereocenters. The zero-order valence-electron chi connectivity index (χ0n) is 13.5. The van der Waals surface area contributed by atoms with Gasteiger partial charge in [0.2, 0.25) is 0 Å². The molecule has 0 atom stereocenters. The van der Waals surface area contributed by atoms with E-state index in [9.17, 15) is 5.11 Å². The second-order valence-electron chi connectivity index (χ2n) is 5.28. The van der Waals surface area contributed by atoms with Crippen LogP contribution < -0.4 is 15.2 Å². The Balaban J connectivity index is 2.09. The van der Waals surface area contributed by atoms with Crippen molar-refractivity contribution in [1.82, 2.24) is 4.98 Å². The summed E-state index contributed by atoms with van der Waals surface area (Å²) in [6.45, 7) is 0. The number of aromatic hydroxyl groups is 1. The molecule has 0 aliphatic carbocycles. The highest BCUT2D eigenvalue weighted by Crippen LogP contribution is 2.35. The van der Waals surface area contributed by atoms with Gasteiger partial charge in [0.05, 0.1) is 14.2 Å². The summed E-state index contributed by atoms with van der Waals surface area (Å²) in [6, 6.07) is 14.5. The molecule has 0 amide bonds. The van der Waals surface area contributed by atoms with E-state index in [1.807, 2.05) is 30.3 Å². The van der Waals surface area contributed by atoms with Gasteiger partial charge in [0.25, 0.3) is 0 Å². The molecule has 5 nitrogen and oxygen atoms in total. The molecule has 1 heterocycles. The van der Waals surface area contributed by atoms with Crippen molar-refractivity contribution in [3.63, 3.8) is 0 Å². The van der Waals surface area contributed by atoms with E-state index in [4.69, 9.17) is 15.2 Å². The van der Waals surface area contributed by atoms with Gasteiger partial charge in [-0.3, -0.25) is 0 Å². The highest BCUT2D eigenvalue weighted by atomic mass is 16.5. The van der Waals surface area contributed by atoms with Crippen LogP contribution >= 0.6 is 0 Å². The Morgan fingerprint density at radius 1 is 0.875 bits per heavy atom. The average molecular weight is 322 g/mol. The molecule has 5 heteroatoms. The van der Waals surface area contributed by atoms with Gasteiger partial charge in [-0.15, -0.1) is 0 Å². The lowest BCUT2D eigenvalue weighted by Gasteiger charge is -2.12. The van der Waals surface area contributed by atoms with Crippen LogP contribution in [0.1, 0.15) is 0 Å². The number of phenols is 1. The van der Waals surface area contributed by atoms with E-state index >= 15 is 0 Å². The molecule has 3 N–H and O–H groups in total. The molecule has 0 spiro atoms. The highest BCUT2D eigenvalue weighted by Gasteiger charge is 2.10. The predicted molar refractivity (Wildman–Crippen MR) is 94.3 cm³/mol. The van der Waals surface area contributed by atoms with Crippen molar-refractivity contribution in [2.45, 2.75) is 0 Å². The number of nitrogens with two attached hydrogens (primary N) is 1. The molecule has 24 heavy (non-hydrogen) atoms. The summed E-state index contributed by atoms with van der Waals surface area (Å²) < 4.78 is 10.6. The normalized spacial score (nSPS) is 10.4. The average Bonchev–Trinajstić information content (AvgIpc) is 2.61. The molecular weight excluding hydrogens is 304 g/mol. The van der Waals surface area contributed by atoms with Crippen LogP contribution in [0.3, 0.4) is 0 Å². The maximum Gasteiger partial charge on any atom is 0.161 e. The lowest BCUT2D eigenvalue weighted by Crippen LogP contribution is -1.95. The number of phenolic OH excluding ortho intramolecular Hbond substituents is 1. The maximum absolute atomic E-state index is 9.69. The summed E-state index contributed by atoms with van der Waals surface area (Å²) in [7, 11) is 3.20. The Bertz CT molecular complexity index is 878. The van der Waals surface area contributed by atoms with Crippen LogP contribution in [0.25, 0.3) is 22.3 Å². The fraction of sp³-hybridized carbons (Fsp3) is 0.105. The number of anilines is 1. The molecule has 122 valence electrons. The maximum atomic E-state index is 9.69. The fourth-order valence-corrected chi connectivity index (χ4v) is 2.55. The Kier molecular flexibility index (Phi) is 4.24. The van der Waals surface area contributed by atoms with Gasteiger partial charge in [0.15, 0.2) is 11.5 Å². The first kappa shape index (κ1) is 15.7. The van der Waals surface area contributed by atoms with Crippen LogP contribution in [0.5, 0.6) is 17.2 Å². The molecular formula is C19H18N2O3. The van der Waals surface area contributed by atoms with Gasteiger partial charge in [0, 0.05) is 17.3 Å². The zero-order valence-corrected chi connectivity index (χ0v) is 13.5. The minimum absolute atomic E-state index is 0.184. The number of ether oxygens (including phenoxy) is 2. The van der Waals surface area contributed by atoms with Crippen LogP contribution in [0.15, 0.2) is 54.7 Å². The SMILES string of the molecule is COc1ccc(-c2cnc(N)c(-c3cccc(O)c3)c2)cc1OC. The molecule has 0 aliphatic rings. The van der Waals surface area contributed by atoms with Crippen molar-refractivity contribution in [3.05, 3.63) is 54.7 Å². The molecule has 2 aromatic carbocycles. The first-order chi connectivity index (χ1) is 11.6. The largest absolute Gasteiger partial charge is 0.508 e. The van der Waals surface area contributed by atoms with E-state index < -0.39 is 0 Å². The molecule has 0 aliphatic heterocycles. The molecule has 0 radical (unpaired) electrons. The molecule has 0 saturated heterocycles. The first-order valence-electron chi connectivity index (χ1n) is 7.39. The van der Waals surface area contributed by atoms with Crippen LogP contribution in [0.2, 0.25) is 0 Å². The molecule has 3 aromatic rings. The van der Waals surface area contributed by atoms with Crippen molar-refractivity contribution in [2.24, 2.45) is 0 Å². The third kappa shape index (κ3) is 2.96. The van der Waals surface area contributed by atoms with E-state index in [0.717, 1.165) is 22.3 Å². The second-order valence-corrected chi connectivity index (χ2v) is 5.28. The molecule has 0 fully saturated rings. The minimum atomic E-state index is 0.184. The van der Waals surface area contributed by atoms with Gasteiger partial charge in [-0.1, -0.05) is 18.2 Å². The molecule has 0 saturated carbocycles. The second kappa shape index (κ2) is 6.50. The summed E-state index contributed by atoms with van der Waals surface area (Å²) >= 11 is 0. The summed E-state index contributed by atoms with van der Waals surface area (Å²) in [4.78, 5) is 4.28. The number of methoxy groups -OCH3 is 2. The molecule has 3 rings (SSSR count). The Morgan fingerprint density at radius 2 is 1.67 bits per heavy atom. The molecule has 1 aromatic heterocycles. The number of benzene rings is 2. The monoisotopic (exact) mass is 322 g/mol. The quantitative estimate of drug-likeness (QED) is 0.765. The van der Waals surface area contributed by atoms with E-state index in [2.05, 4.69) is 4.98 Å². The number of hydrogen-bond acceptors (Lipinski definition) is 5. The van der Waals surface area contributed by atoms with Gasteiger partial charge in [-0.2, -0.15) is 0 Å².